The Hall–Kier alpha value is -1.65. The molecule has 1 aliphatic rings. The maximum atomic E-state index is 10.7. The molecule has 1 unspecified atom stereocenters. The second kappa shape index (κ2) is 5.99. The van der Waals surface area contributed by atoms with Gasteiger partial charge in [-0.15, -0.1) is 0 Å². The number of carboxylic acids is 1. The molecule has 5 nitrogen and oxygen atoms in total. The average molecular weight is 263 g/mol. The molecule has 1 atom stereocenters. The molecule has 0 saturated carbocycles. The van der Waals surface area contributed by atoms with Crippen molar-refractivity contribution in [3.63, 3.8) is 0 Å². The normalized spacial score (nSPS) is 19.5. The molecule has 1 aliphatic heterocycles. The molecule has 0 bridgehead atoms. The van der Waals surface area contributed by atoms with Crippen molar-refractivity contribution < 1.29 is 9.90 Å². The number of aryl methyl sites for hydroxylation is 2. The van der Waals surface area contributed by atoms with E-state index in [1.165, 1.54) is 0 Å². The fourth-order valence-electron chi connectivity index (χ4n) is 2.69. The standard InChI is InChI=1S/C14H21N3O2/c1-10-9-11(2)16-14(15-10)17-8-4-3-5-12(17)6-7-13(18)19/h9,12H,3-8H2,1-2H3,(H,18,19). The first-order valence-corrected chi connectivity index (χ1v) is 6.87. The van der Waals surface area contributed by atoms with E-state index in [4.69, 9.17) is 5.11 Å². The summed E-state index contributed by atoms with van der Waals surface area (Å²) in [5.74, 6) is 0.0273. The third kappa shape index (κ3) is 3.66. The highest BCUT2D eigenvalue weighted by molar-refractivity contribution is 5.66. The Morgan fingerprint density at radius 1 is 1.37 bits per heavy atom. The van der Waals surface area contributed by atoms with Crippen LogP contribution in [-0.2, 0) is 4.79 Å². The summed E-state index contributed by atoms with van der Waals surface area (Å²) in [6.07, 6.45) is 4.20. The van der Waals surface area contributed by atoms with E-state index in [1.807, 2.05) is 19.9 Å². The Morgan fingerprint density at radius 2 is 2.05 bits per heavy atom. The van der Waals surface area contributed by atoms with E-state index in [-0.39, 0.29) is 12.5 Å². The van der Waals surface area contributed by atoms with Gasteiger partial charge in [0.25, 0.3) is 0 Å². The topological polar surface area (TPSA) is 66.3 Å². The number of anilines is 1. The van der Waals surface area contributed by atoms with Crippen molar-refractivity contribution >= 4 is 11.9 Å². The number of rotatable bonds is 4. The zero-order chi connectivity index (χ0) is 13.8. The number of hydrogen-bond donors (Lipinski definition) is 1. The molecule has 2 heterocycles. The van der Waals surface area contributed by atoms with Gasteiger partial charge in [0, 0.05) is 30.4 Å². The molecule has 0 radical (unpaired) electrons. The molecule has 2 rings (SSSR count). The Morgan fingerprint density at radius 3 is 2.68 bits per heavy atom. The number of hydrogen-bond acceptors (Lipinski definition) is 4. The smallest absolute Gasteiger partial charge is 0.303 e. The lowest BCUT2D eigenvalue weighted by Crippen LogP contribution is -2.41. The first kappa shape index (κ1) is 13.8. The zero-order valence-electron chi connectivity index (χ0n) is 11.6. The van der Waals surface area contributed by atoms with Gasteiger partial charge in [0.15, 0.2) is 0 Å². The highest BCUT2D eigenvalue weighted by Crippen LogP contribution is 2.25. The fraction of sp³-hybridized carbons (Fsp3) is 0.643. The van der Waals surface area contributed by atoms with Crippen LogP contribution in [-0.4, -0.2) is 33.6 Å². The molecular weight excluding hydrogens is 242 g/mol. The van der Waals surface area contributed by atoms with Gasteiger partial charge in [-0.25, -0.2) is 9.97 Å². The third-order valence-electron chi connectivity index (χ3n) is 3.55. The van der Waals surface area contributed by atoms with Gasteiger partial charge in [-0.2, -0.15) is 0 Å². The number of piperidine rings is 1. The fourth-order valence-corrected chi connectivity index (χ4v) is 2.69. The zero-order valence-corrected chi connectivity index (χ0v) is 11.6. The lowest BCUT2D eigenvalue weighted by molar-refractivity contribution is -0.137. The van der Waals surface area contributed by atoms with E-state index in [9.17, 15) is 4.79 Å². The van der Waals surface area contributed by atoms with Crippen LogP contribution in [0.15, 0.2) is 6.07 Å². The Bertz CT molecular complexity index is 442. The van der Waals surface area contributed by atoms with Crippen molar-refractivity contribution in [2.45, 2.75) is 52.0 Å². The van der Waals surface area contributed by atoms with Gasteiger partial charge in [0.05, 0.1) is 0 Å². The van der Waals surface area contributed by atoms with E-state index >= 15 is 0 Å². The lowest BCUT2D eigenvalue weighted by Gasteiger charge is -2.35. The minimum absolute atomic E-state index is 0.214. The van der Waals surface area contributed by atoms with Crippen LogP contribution in [0.3, 0.4) is 0 Å². The number of aromatic nitrogens is 2. The summed E-state index contributed by atoms with van der Waals surface area (Å²) in [6, 6.07) is 2.21. The second-order valence-electron chi connectivity index (χ2n) is 5.23. The number of carboxylic acid groups (broad SMARTS) is 1. The maximum absolute atomic E-state index is 10.7. The van der Waals surface area contributed by atoms with Crippen LogP contribution in [0.2, 0.25) is 0 Å². The van der Waals surface area contributed by atoms with Crippen molar-refractivity contribution in [1.82, 2.24) is 9.97 Å². The Kier molecular flexibility index (Phi) is 4.35. The molecule has 1 fully saturated rings. The van der Waals surface area contributed by atoms with Crippen LogP contribution < -0.4 is 4.90 Å². The summed E-state index contributed by atoms with van der Waals surface area (Å²) in [4.78, 5) is 21.9. The van der Waals surface area contributed by atoms with Crippen molar-refractivity contribution in [1.29, 1.82) is 0 Å². The van der Waals surface area contributed by atoms with Gasteiger partial charge in [0.2, 0.25) is 5.95 Å². The van der Waals surface area contributed by atoms with Gasteiger partial charge in [-0.05, 0) is 45.6 Å². The Balaban J connectivity index is 2.16. The summed E-state index contributed by atoms with van der Waals surface area (Å²) >= 11 is 0. The summed E-state index contributed by atoms with van der Waals surface area (Å²) in [7, 11) is 0. The van der Waals surface area contributed by atoms with E-state index < -0.39 is 5.97 Å². The summed E-state index contributed by atoms with van der Waals surface area (Å²) in [5, 5.41) is 8.84. The highest BCUT2D eigenvalue weighted by Gasteiger charge is 2.25. The van der Waals surface area contributed by atoms with Crippen LogP contribution in [0, 0.1) is 13.8 Å². The molecule has 1 saturated heterocycles. The summed E-state index contributed by atoms with van der Waals surface area (Å²) < 4.78 is 0. The SMILES string of the molecule is Cc1cc(C)nc(N2CCCCC2CCC(=O)O)n1. The molecule has 0 amide bonds. The third-order valence-corrected chi connectivity index (χ3v) is 3.55. The molecule has 1 aromatic rings. The van der Waals surface area contributed by atoms with Gasteiger partial charge < -0.3 is 10.0 Å². The number of nitrogens with zero attached hydrogens (tertiary/aromatic N) is 3. The predicted octanol–water partition coefficient (Wildman–Crippen LogP) is 2.32. The van der Waals surface area contributed by atoms with E-state index in [0.29, 0.717) is 6.42 Å². The van der Waals surface area contributed by atoms with Crippen LogP contribution >= 0.6 is 0 Å². The molecule has 1 N–H and O–H groups in total. The van der Waals surface area contributed by atoms with E-state index in [1.54, 1.807) is 0 Å². The predicted molar refractivity (Wildman–Crippen MR) is 73.4 cm³/mol. The largest absolute Gasteiger partial charge is 0.481 e. The summed E-state index contributed by atoms with van der Waals surface area (Å²) in [5.41, 5.74) is 1.93. The van der Waals surface area contributed by atoms with Crippen molar-refractivity contribution in [2.24, 2.45) is 0 Å². The molecule has 0 spiro atoms. The van der Waals surface area contributed by atoms with Gasteiger partial charge in [-0.1, -0.05) is 0 Å². The number of carbonyl (C=O) groups is 1. The van der Waals surface area contributed by atoms with Crippen molar-refractivity contribution in [3.8, 4) is 0 Å². The molecule has 0 aromatic carbocycles. The van der Waals surface area contributed by atoms with Gasteiger partial charge in [0.1, 0.15) is 0 Å². The lowest BCUT2D eigenvalue weighted by atomic mass is 9.98. The molecule has 0 aliphatic carbocycles. The van der Waals surface area contributed by atoms with Gasteiger partial charge >= 0.3 is 5.97 Å². The number of aliphatic carboxylic acids is 1. The molecule has 1 aromatic heterocycles. The van der Waals surface area contributed by atoms with Crippen LogP contribution in [0.25, 0.3) is 0 Å². The van der Waals surface area contributed by atoms with Crippen LogP contribution in [0.5, 0.6) is 0 Å². The first-order chi connectivity index (χ1) is 9.06. The second-order valence-corrected chi connectivity index (χ2v) is 5.23. The first-order valence-electron chi connectivity index (χ1n) is 6.87. The van der Waals surface area contributed by atoms with Gasteiger partial charge in [-0.3, -0.25) is 4.79 Å². The van der Waals surface area contributed by atoms with Crippen molar-refractivity contribution in [2.75, 3.05) is 11.4 Å². The maximum Gasteiger partial charge on any atom is 0.303 e. The average Bonchev–Trinajstić information content (AvgIpc) is 2.35. The Labute approximate surface area is 113 Å². The minimum atomic E-state index is -0.730. The monoisotopic (exact) mass is 263 g/mol. The molecular formula is C14H21N3O2. The van der Waals surface area contributed by atoms with Crippen LogP contribution in [0.1, 0.15) is 43.5 Å². The molecule has 19 heavy (non-hydrogen) atoms. The van der Waals surface area contributed by atoms with E-state index in [2.05, 4.69) is 14.9 Å². The minimum Gasteiger partial charge on any atom is -0.481 e. The highest BCUT2D eigenvalue weighted by atomic mass is 16.4. The molecule has 5 heteroatoms. The van der Waals surface area contributed by atoms with E-state index in [0.717, 1.165) is 43.1 Å². The summed E-state index contributed by atoms with van der Waals surface area (Å²) in [6.45, 7) is 4.86. The van der Waals surface area contributed by atoms with Crippen molar-refractivity contribution in [3.05, 3.63) is 17.5 Å². The quantitative estimate of drug-likeness (QED) is 0.903. The molecule has 104 valence electrons. The van der Waals surface area contributed by atoms with Crippen LogP contribution in [0.4, 0.5) is 5.95 Å².